The predicted octanol–water partition coefficient (Wildman–Crippen LogP) is 4.07. The van der Waals surface area contributed by atoms with Crippen LogP contribution in [-0.2, 0) is 4.74 Å². The number of para-hydroxylation sites is 1. The third-order valence-electron chi connectivity index (χ3n) is 3.36. The van der Waals surface area contributed by atoms with Gasteiger partial charge < -0.3 is 9.64 Å². The molecule has 1 N–H and O–H groups in total. The van der Waals surface area contributed by atoms with Gasteiger partial charge in [0.05, 0.1) is 6.54 Å². The number of hydrogen-bond donors (Lipinski definition) is 1. The molecule has 0 radical (unpaired) electrons. The highest BCUT2D eigenvalue weighted by Crippen LogP contribution is 2.15. The Kier molecular flexibility index (Phi) is 5.83. The molecule has 0 atom stereocenters. The average molecular weight is 298 g/mol. The van der Waals surface area contributed by atoms with E-state index in [0.29, 0.717) is 13.2 Å². The van der Waals surface area contributed by atoms with E-state index in [1.807, 2.05) is 36.4 Å². The van der Waals surface area contributed by atoms with E-state index in [2.05, 4.69) is 42.3 Å². The third-order valence-corrected chi connectivity index (χ3v) is 3.36. The molecule has 4 heteroatoms. The lowest BCUT2D eigenvalue weighted by molar-refractivity contribution is 0.164. The van der Waals surface area contributed by atoms with Crippen molar-refractivity contribution in [1.29, 1.82) is 0 Å². The molecular weight excluding hydrogens is 276 g/mol. The summed E-state index contributed by atoms with van der Waals surface area (Å²) in [4.78, 5) is 13.9. The Bertz CT molecular complexity index is 599. The van der Waals surface area contributed by atoms with Crippen LogP contribution in [0.25, 0.3) is 0 Å². The lowest BCUT2D eigenvalue weighted by Gasteiger charge is -2.23. The van der Waals surface area contributed by atoms with Gasteiger partial charge in [-0.25, -0.2) is 4.79 Å². The molecule has 0 heterocycles. The Hall–Kier alpha value is -2.49. The van der Waals surface area contributed by atoms with Crippen LogP contribution in [0.3, 0.4) is 0 Å². The van der Waals surface area contributed by atoms with Crippen LogP contribution in [0, 0.1) is 6.92 Å². The van der Waals surface area contributed by atoms with Crippen molar-refractivity contribution in [3.63, 3.8) is 0 Å². The fourth-order valence-electron chi connectivity index (χ4n) is 2.22. The number of carbonyl (C=O) groups is 1. The molecule has 1 amide bonds. The van der Waals surface area contributed by atoms with E-state index in [9.17, 15) is 4.79 Å². The molecule has 0 bridgehead atoms. The van der Waals surface area contributed by atoms with Crippen molar-refractivity contribution in [2.45, 2.75) is 13.8 Å². The lowest BCUT2D eigenvalue weighted by atomic mass is 10.2. The zero-order chi connectivity index (χ0) is 15.8. The first-order valence-electron chi connectivity index (χ1n) is 7.49. The molecule has 0 saturated heterocycles. The summed E-state index contributed by atoms with van der Waals surface area (Å²) in [6.45, 7) is 6.04. The lowest BCUT2D eigenvalue weighted by Crippen LogP contribution is -2.28. The number of rotatable bonds is 6. The van der Waals surface area contributed by atoms with E-state index < -0.39 is 6.09 Å². The molecule has 2 aromatic rings. The van der Waals surface area contributed by atoms with Gasteiger partial charge in [-0.3, -0.25) is 5.32 Å². The number of benzene rings is 2. The van der Waals surface area contributed by atoms with E-state index in [1.54, 1.807) is 0 Å². The zero-order valence-electron chi connectivity index (χ0n) is 13.1. The van der Waals surface area contributed by atoms with Crippen molar-refractivity contribution in [3.05, 3.63) is 60.2 Å². The molecular formula is C18H22N2O2. The van der Waals surface area contributed by atoms with Gasteiger partial charge in [0.15, 0.2) is 0 Å². The minimum Gasteiger partial charge on any atom is -0.447 e. The van der Waals surface area contributed by atoms with Gasteiger partial charge in [-0.2, -0.15) is 0 Å². The van der Waals surface area contributed by atoms with Crippen molar-refractivity contribution in [1.82, 2.24) is 0 Å². The molecule has 0 saturated carbocycles. The molecule has 4 nitrogen and oxygen atoms in total. The summed E-state index contributed by atoms with van der Waals surface area (Å²) in [5.74, 6) is 0. The van der Waals surface area contributed by atoms with Gasteiger partial charge in [0, 0.05) is 17.9 Å². The number of likely N-dealkylation sites (N-methyl/N-ethyl adjacent to an activating group) is 1. The maximum Gasteiger partial charge on any atom is 0.411 e. The Morgan fingerprint density at radius 3 is 2.59 bits per heavy atom. The zero-order valence-corrected chi connectivity index (χ0v) is 13.1. The summed E-state index contributed by atoms with van der Waals surface area (Å²) in [5, 5.41) is 2.70. The van der Waals surface area contributed by atoms with E-state index in [-0.39, 0.29) is 0 Å². The standard InChI is InChI=1S/C18H22N2O2/c1-3-20(17-11-7-8-15(2)14-17)12-13-22-18(21)19-16-9-5-4-6-10-16/h4-11,14H,3,12-13H2,1-2H3,(H,19,21). The van der Waals surface area contributed by atoms with Gasteiger partial charge in [-0.1, -0.05) is 30.3 Å². The van der Waals surface area contributed by atoms with Crippen LogP contribution >= 0.6 is 0 Å². The quantitative estimate of drug-likeness (QED) is 0.874. The molecule has 0 aromatic heterocycles. The second-order valence-corrected chi connectivity index (χ2v) is 5.05. The van der Waals surface area contributed by atoms with Crippen molar-refractivity contribution in [3.8, 4) is 0 Å². The van der Waals surface area contributed by atoms with Crippen LogP contribution in [0.5, 0.6) is 0 Å². The Labute approximate surface area is 131 Å². The van der Waals surface area contributed by atoms with Crippen molar-refractivity contribution in [2.24, 2.45) is 0 Å². The normalized spacial score (nSPS) is 10.1. The summed E-state index contributed by atoms with van der Waals surface area (Å²) in [6.07, 6.45) is -0.425. The van der Waals surface area contributed by atoms with Crippen LogP contribution in [0.2, 0.25) is 0 Å². The number of hydrogen-bond acceptors (Lipinski definition) is 3. The Morgan fingerprint density at radius 1 is 1.14 bits per heavy atom. The minimum atomic E-state index is -0.425. The van der Waals surface area contributed by atoms with Gasteiger partial charge >= 0.3 is 6.09 Å². The monoisotopic (exact) mass is 298 g/mol. The van der Waals surface area contributed by atoms with E-state index in [1.165, 1.54) is 5.56 Å². The van der Waals surface area contributed by atoms with Crippen LogP contribution < -0.4 is 10.2 Å². The number of carbonyl (C=O) groups excluding carboxylic acids is 1. The van der Waals surface area contributed by atoms with Gasteiger partial charge in [0.25, 0.3) is 0 Å². The van der Waals surface area contributed by atoms with E-state index in [4.69, 9.17) is 4.74 Å². The molecule has 2 rings (SSSR count). The highest BCUT2D eigenvalue weighted by molar-refractivity contribution is 5.84. The van der Waals surface area contributed by atoms with Crippen LogP contribution in [-0.4, -0.2) is 25.8 Å². The number of anilines is 2. The first-order chi connectivity index (χ1) is 10.7. The first kappa shape index (κ1) is 15.9. The molecule has 0 spiro atoms. The fourth-order valence-corrected chi connectivity index (χ4v) is 2.22. The maximum atomic E-state index is 11.7. The number of nitrogens with zero attached hydrogens (tertiary/aromatic N) is 1. The molecule has 0 unspecified atom stereocenters. The number of nitrogens with one attached hydrogen (secondary N) is 1. The molecule has 116 valence electrons. The number of aryl methyl sites for hydroxylation is 1. The molecule has 0 aliphatic carbocycles. The summed E-state index contributed by atoms with van der Waals surface area (Å²) in [7, 11) is 0. The maximum absolute atomic E-state index is 11.7. The molecule has 2 aromatic carbocycles. The second-order valence-electron chi connectivity index (χ2n) is 5.05. The topological polar surface area (TPSA) is 41.6 Å². The van der Waals surface area contributed by atoms with Gasteiger partial charge in [0.2, 0.25) is 0 Å². The smallest absolute Gasteiger partial charge is 0.411 e. The largest absolute Gasteiger partial charge is 0.447 e. The van der Waals surface area contributed by atoms with Crippen molar-refractivity contribution >= 4 is 17.5 Å². The number of amides is 1. The van der Waals surface area contributed by atoms with Crippen molar-refractivity contribution < 1.29 is 9.53 Å². The van der Waals surface area contributed by atoms with Crippen molar-refractivity contribution in [2.75, 3.05) is 29.9 Å². The Morgan fingerprint density at radius 2 is 1.91 bits per heavy atom. The van der Waals surface area contributed by atoms with E-state index in [0.717, 1.165) is 17.9 Å². The summed E-state index contributed by atoms with van der Waals surface area (Å²) in [5.41, 5.74) is 3.10. The minimum absolute atomic E-state index is 0.348. The SMILES string of the molecule is CCN(CCOC(=O)Nc1ccccc1)c1cccc(C)c1. The summed E-state index contributed by atoms with van der Waals surface area (Å²) < 4.78 is 5.24. The Balaban J connectivity index is 1.80. The molecule has 0 aliphatic heterocycles. The highest BCUT2D eigenvalue weighted by atomic mass is 16.5. The van der Waals surface area contributed by atoms with Gasteiger partial charge in [0.1, 0.15) is 6.61 Å². The predicted molar refractivity (Wildman–Crippen MR) is 90.5 cm³/mol. The fraction of sp³-hybridized carbons (Fsp3) is 0.278. The highest BCUT2D eigenvalue weighted by Gasteiger charge is 2.07. The van der Waals surface area contributed by atoms with Gasteiger partial charge in [-0.05, 0) is 43.7 Å². The summed E-state index contributed by atoms with van der Waals surface area (Å²) in [6, 6.07) is 17.6. The van der Waals surface area contributed by atoms with E-state index >= 15 is 0 Å². The molecule has 0 aliphatic rings. The molecule has 22 heavy (non-hydrogen) atoms. The molecule has 0 fully saturated rings. The third kappa shape index (κ3) is 4.81. The first-order valence-corrected chi connectivity index (χ1v) is 7.49. The summed E-state index contributed by atoms with van der Waals surface area (Å²) >= 11 is 0. The van der Waals surface area contributed by atoms with Crippen LogP contribution in [0.1, 0.15) is 12.5 Å². The van der Waals surface area contributed by atoms with Crippen LogP contribution in [0.4, 0.5) is 16.2 Å². The average Bonchev–Trinajstić information content (AvgIpc) is 2.52. The van der Waals surface area contributed by atoms with Crippen LogP contribution in [0.15, 0.2) is 54.6 Å². The number of ether oxygens (including phenoxy) is 1. The van der Waals surface area contributed by atoms with Gasteiger partial charge in [-0.15, -0.1) is 0 Å². The second kappa shape index (κ2) is 8.08.